The molecule has 3 N–H and O–H groups in total. The number of hydrogen-bond acceptors (Lipinski definition) is 3. The molecule has 4 nitrogen and oxygen atoms in total. The van der Waals surface area contributed by atoms with Gasteiger partial charge in [0, 0.05) is 13.1 Å². The van der Waals surface area contributed by atoms with Gasteiger partial charge in [-0.25, -0.2) is 0 Å². The Morgan fingerprint density at radius 3 is 2.32 bits per heavy atom. The van der Waals surface area contributed by atoms with Crippen molar-refractivity contribution in [3.8, 4) is 0 Å². The monoisotopic (exact) mass is 305 g/mol. The first-order valence-electron chi connectivity index (χ1n) is 8.35. The van der Waals surface area contributed by atoms with Crippen LogP contribution in [-0.4, -0.2) is 29.9 Å². The molecule has 0 aliphatic heterocycles. The Balaban J connectivity index is 2.68. The van der Waals surface area contributed by atoms with Crippen molar-refractivity contribution < 1.29 is 4.79 Å². The number of carbonyl (C=O) groups excluding carboxylic acids is 1. The molecule has 0 saturated heterocycles. The number of hydrogen-bond donors (Lipinski definition) is 2. The third kappa shape index (κ3) is 5.43. The third-order valence-electron chi connectivity index (χ3n) is 4.42. The minimum atomic E-state index is -0.431. The highest BCUT2D eigenvalue weighted by molar-refractivity contribution is 5.81. The van der Waals surface area contributed by atoms with Crippen molar-refractivity contribution in [1.29, 1.82) is 0 Å². The Kier molecular flexibility index (Phi) is 8.13. The molecule has 1 aromatic rings. The van der Waals surface area contributed by atoms with Gasteiger partial charge in [0.15, 0.2) is 0 Å². The van der Waals surface area contributed by atoms with Crippen LogP contribution in [0.15, 0.2) is 24.3 Å². The van der Waals surface area contributed by atoms with Crippen LogP contribution in [0.4, 0.5) is 0 Å². The Morgan fingerprint density at radius 1 is 1.18 bits per heavy atom. The lowest BCUT2D eigenvalue weighted by atomic mass is 9.99. The molecule has 1 amide bonds. The van der Waals surface area contributed by atoms with Crippen LogP contribution in [0.1, 0.15) is 45.2 Å². The number of nitrogens with two attached hydrogens (primary N) is 1. The number of amides is 1. The van der Waals surface area contributed by atoms with E-state index in [4.69, 9.17) is 5.73 Å². The molecule has 22 heavy (non-hydrogen) atoms. The predicted octanol–water partition coefficient (Wildman–Crippen LogP) is 2.52. The molecule has 1 aromatic carbocycles. The smallest absolute Gasteiger partial charge is 0.237 e. The van der Waals surface area contributed by atoms with Crippen LogP contribution >= 0.6 is 0 Å². The minimum absolute atomic E-state index is 0.0630. The van der Waals surface area contributed by atoms with Crippen LogP contribution in [0, 0.1) is 5.92 Å². The van der Waals surface area contributed by atoms with Gasteiger partial charge in [0.05, 0.1) is 6.04 Å². The van der Waals surface area contributed by atoms with Gasteiger partial charge in [0.25, 0.3) is 0 Å². The van der Waals surface area contributed by atoms with E-state index in [2.05, 4.69) is 49.2 Å². The summed E-state index contributed by atoms with van der Waals surface area (Å²) in [5.41, 5.74) is 8.41. The van der Waals surface area contributed by atoms with Crippen molar-refractivity contribution in [1.82, 2.24) is 10.2 Å². The molecule has 0 radical (unpaired) electrons. The molecule has 0 bridgehead atoms. The summed E-state index contributed by atoms with van der Waals surface area (Å²) in [6.45, 7) is 11.9. The van der Waals surface area contributed by atoms with E-state index in [1.807, 2.05) is 13.0 Å². The Hall–Kier alpha value is -1.39. The van der Waals surface area contributed by atoms with Gasteiger partial charge in [-0.2, -0.15) is 0 Å². The van der Waals surface area contributed by atoms with Crippen LogP contribution in [-0.2, 0) is 17.9 Å². The van der Waals surface area contributed by atoms with E-state index in [-0.39, 0.29) is 11.8 Å². The normalized spacial score (nSPS) is 13.9. The van der Waals surface area contributed by atoms with E-state index >= 15 is 0 Å². The number of nitrogens with one attached hydrogen (secondary N) is 1. The van der Waals surface area contributed by atoms with E-state index in [9.17, 15) is 4.79 Å². The first kappa shape index (κ1) is 18.7. The molecule has 0 aliphatic carbocycles. The molecule has 4 heteroatoms. The highest BCUT2D eigenvalue weighted by atomic mass is 16.2. The standard InChI is InChI=1S/C18H31N3O/c1-5-14(4)17(19)18(22)20-12-15-10-8-9-11-16(15)13-21(6-2)7-3/h8-11,14,17H,5-7,12-13,19H2,1-4H3,(H,20,22). The first-order chi connectivity index (χ1) is 10.5. The molecular formula is C18H31N3O. The fourth-order valence-corrected chi connectivity index (χ4v) is 2.38. The van der Waals surface area contributed by atoms with Crippen molar-refractivity contribution in [3.63, 3.8) is 0 Å². The molecule has 2 unspecified atom stereocenters. The number of carbonyl (C=O) groups is 1. The number of nitrogens with zero attached hydrogens (tertiary/aromatic N) is 1. The second kappa shape index (κ2) is 9.59. The highest BCUT2D eigenvalue weighted by Crippen LogP contribution is 2.12. The summed E-state index contributed by atoms with van der Waals surface area (Å²) in [6, 6.07) is 7.85. The van der Waals surface area contributed by atoms with Gasteiger partial charge in [0.2, 0.25) is 5.91 Å². The van der Waals surface area contributed by atoms with Gasteiger partial charge in [-0.05, 0) is 30.1 Å². The van der Waals surface area contributed by atoms with Crippen molar-refractivity contribution >= 4 is 5.91 Å². The maximum Gasteiger partial charge on any atom is 0.237 e. The Labute approximate surface area is 135 Å². The molecule has 1 rings (SSSR count). The maximum absolute atomic E-state index is 12.1. The maximum atomic E-state index is 12.1. The molecule has 0 spiro atoms. The van der Waals surface area contributed by atoms with Crippen molar-refractivity contribution in [2.24, 2.45) is 11.7 Å². The summed E-state index contributed by atoms with van der Waals surface area (Å²) in [5, 5.41) is 2.98. The fraction of sp³-hybridized carbons (Fsp3) is 0.611. The van der Waals surface area contributed by atoms with Gasteiger partial charge >= 0.3 is 0 Å². The van der Waals surface area contributed by atoms with E-state index < -0.39 is 6.04 Å². The Morgan fingerprint density at radius 2 is 1.77 bits per heavy atom. The lowest BCUT2D eigenvalue weighted by molar-refractivity contribution is -0.123. The summed E-state index contributed by atoms with van der Waals surface area (Å²) in [6.07, 6.45) is 0.910. The topological polar surface area (TPSA) is 58.4 Å². The van der Waals surface area contributed by atoms with Gasteiger partial charge in [0.1, 0.15) is 0 Å². The van der Waals surface area contributed by atoms with Crippen LogP contribution < -0.4 is 11.1 Å². The quantitative estimate of drug-likeness (QED) is 0.737. The van der Waals surface area contributed by atoms with Crippen LogP contribution in [0.25, 0.3) is 0 Å². The molecule has 2 atom stereocenters. The fourth-order valence-electron chi connectivity index (χ4n) is 2.38. The largest absolute Gasteiger partial charge is 0.351 e. The first-order valence-corrected chi connectivity index (χ1v) is 8.35. The summed E-state index contributed by atoms with van der Waals surface area (Å²) in [7, 11) is 0. The minimum Gasteiger partial charge on any atom is -0.351 e. The molecule has 0 heterocycles. The number of rotatable bonds is 9. The van der Waals surface area contributed by atoms with Gasteiger partial charge < -0.3 is 11.1 Å². The SMILES string of the molecule is CCC(C)C(N)C(=O)NCc1ccccc1CN(CC)CC. The average molecular weight is 305 g/mol. The van der Waals surface area contributed by atoms with E-state index in [0.717, 1.165) is 26.1 Å². The van der Waals surface area contributed by atoms with Crippen LogP contribution in [0.3, 0.4) is 0 Å². The summed E-state index contributed by atoms with van der Waals surface area (Å²) in [4.78, 5) is 14.5. The van der Waals surface area contributed by atoms with Crippen molar-refractivity contribution in [2.75, 3.05) is 13.1 Å². The van der Waals surface area contributed by atoms with Gasteiger partial charge in [-0.15, -0.1) is 0 Å². The molecule has 124 valence electrons. The number of benzene rings is 1. The Bertz CT molecular complexity index is 457. The predicted molar refractivity (Wildman–Crippen MR) is 92.3 cm³/mol. The molecule has 0 saturated carbocycles. The van der Waals surface area contributed by atoms with Crippen molar-refractivity contribution in [2.45, 2.75) is 53.2 Å². The zero-order chi connectivity index (χ0) is 16.5. The lowest BCUT2D eigenvalue weighted by Crippen LogP contribution is -2.44. The molecule has 0 aromatic heterocycles. The molecule has 0 aliphatic rings. The van der Waals surface area contributed by atoms with Gasteiger partial charge in [-0.1, -0.05) is 58.4 Å². The van der Waals surface area contributed by atoms with E-state index in [1.54, 1.807) is 0 Å². The zero-order valence-corrected chi connectivity index (χ0v) is 14.4. The summed E-state index contributed by atoms with van der Waals surface area (Å²) >= 11 is 0. The van der Waals surface area contributed by atoms with Crippen molar-refractivity contribution in [3.05, 3.63) is 35.4 Å². The second-order valence-corrected chi connectivity index (χ2v) is 5.86. The summed E-state index contributed by atoms with van der Waals surface area (Å²) < 4.78 is 0. The van der Waals surface area contributed by atoms with Crippen LogP contribution in [0.2, 0.25) is 0 Å². The van der Waals surface area contributed by atoms with Crippen LogP contribution in [0.5, 0.6) is 0 Å². The van der Waals surface area contributed by atoms with E-state index in [0.29, 0.717) is 6.54 Å². The van der Waals surface area contributed by atoms with E-state index in [1.165, 1.54) is 11.1 Å². The summed E-state index contributed by atoms with van der Waals surface area (Å²) in [5.74, 6) is 0.137. The second-order valence-electron chi connectivity index (χ2n) is 5.86. The highest BCUT2D eigenvalue weighted by Gasteiger charge is 2.19. The zero-order valence-electron chi connectivity index (χ0n) is 14.4. The molecular weight excluding hydrogens is 274 g/mol. The molecule has 0 fully saturated rings. The average Bonchev–Trinajstić information content (AvgIpc) is 2.56. The third-order valence-corrected chi connectivity index (χ3v) is 4.42. The van der Waals surface area contributed by atoms with Gasteiger partial charge in [-0.3, -0.25) is 9.69 Å². The lowest BCUT2D eigenvalue weighted by Gasteiger charge is -2.21.